The molecular weight excluding hydrogens is 300 g/mol. The molecule has 0 aliphatic rings. The van der Waals surface area contributed by atoms with E-state index >= 15 is 0 Å². The van der Waals surface area contributed by atoms with Crippen LogP contribution in [-0.2, 0) is 24.9 Å². The van der Waals surface area contributed by atoms with E-state index in [1.807, 2.05) is 26.8 Å². The summed E-state index contributed by atoms with van der Waals surface area (Å²) in [5, 5.41) is 10.4. The fourth-order valence-corrected chi connectivity index (χ4v) is 2.61. The highest BCUT2D eigenvalue weighted by atomic mass is 16.5. The van der Waals surface area contributed by atoms with Crippen molar-refractivity contribution in [1.29, 1.82) is 0 Å². The van der Waals surface area contributed by atoms with Gasteiger partial charge in [0, 0.05) is 38.6 Å². The van der Waals surface area contributed by atoms with E-state index in [1.165, 1.54) is 11.3 Å². The largest absolute Gasteiger partial charge is 0.389 e. The molecule has 0 amide bonds. The van der Waals surface area contributed by atoms with Gasteiger partial charge >= 0.3 is 0 Å². The van der Waals surface area contributed by atoms with E-state index in [0.29, 0.717) is 13.2 Å². The maximum atomic E-state index is 10.4. The van der Waals surface area contributed by atoms with Gasteiger partial charge in [-0.1, -0.05) is 30.3 Å². The van der Waals surface area contributed by atoms with Gasteiger partial charge in [-0.15, -0.1) is 0 Å². The van der Waals surface area contributed by atoms with Gasteiger partial charge < -0.3 is 14.4 Å². The lowest BCUT2D eigenvalue weighted by Gasteiger charge is -2.27. The number of hydrogen-bond acceptors (Lipinski definition) is 3. The standard InChI is InChI=1S/C20H30N2O2/c1-20(2,3)24-16-19(23)15-22(13-17-9-6-5-7-10-17)14-18-11-8-12-21(18)4/h5-12,19,23H,13-16H2,1-4H3. The second-order valence-electron chi connectivity index (χ2n) is 7.34. The third-order valence-electron chi connectivity index (χ3n) is 3.86. The molecule has 0 aliphatic heterocycles. The zero-order valence-electron chi connectivity index (χ0n) is 15.3. The molecule has 132 valence electrons. The van der Waals surface area contributed by atoms with E-state index in [2.05, 4.69) is 59.1 Å². The van der Waals surface area contributed by atoms with Crippen molar-refractivity contribution in [3.05, 3.63) is 59.9 Å². The Balaban J connectivity index is 2.00. The van der Waals surface area contributed by atoms with Gasteiger partial charge in [0.05, 0.1) is 18.3 Å². The molecule has 4 nitrogen and oxygen atoms in total. The summed E-state index contributed by atoms with van der Waals surface area (Å²) in [4.78, 5) is 2.27. The molecule has 2 aromatic rings. The predicted octanol–water partition coefficient (Wildman–Crippen LogP) is 3.20. The molecule has 0 aliphatic carbocycles. The maximum absolute atomic E-state index is 10.4. The number of aliphatic hydroxyl groups is 1. The van der Waals surface area contributed by atoms with Crippen molar-refractivity contribution < 1.29 is 9.84 Å². The van der Waals surface area contributed by atoms with E-state index in [0.717, 1.165) is 13.1 Å². The minimum absolute atomic E-state index is 0.233. The molecule has 0 radical (unpaired) electrons. The molecule has 4 heteroatoms. The van der Waals surface area contributed by atoms with Crippen LogP contribution >= 0.6 is 0 Å². The Labute approximate surface area is 145 Å². The van der Waals surface area contributed by atoms with Crippen LogP contribution in [0.25, 0.3) is 0 Å². The number of rotatable bonds is 8. The molecular formula is C20H30N2O2. The number of hydrogen-bond donors (Lipinski definition) is 1. The van der Waals surface area contributed by atoms with Crippen LogP contribution in [-0.4, -0.2) is 39.4 Å². The van der Waals surface area contributed by atoms with Crippen LogP contribution in [0.1, 0.15) is 32.0 Å². The van der Waals surface area contributed by atoms with Crippen molar-refractivity contribution in [2.45, 2.75) is 45.6 Å². The molecule has 2 rings (SSSR count). The molecule has 0 fully saturated rings. The molecule has 1 N–H and O–H groups in total. The molecule has 1 atom stereocenters. The van der Waals surface area contributed by atoms with Gasteiger partial charge in [0.25, 0.3) is 0 Å². The van der Waals surface area contributed by atoms with Crippen molar-refractivity contribution in [3.63, 3.8) is 0 Å². The molecule has 1 aromatic carbocycles. The zero-order chi connectivity index (χ0) is 17.6. The Bertz CT molecular complexity index is 602. The lowest BCUT2D eigenvalue weighted by molar-refractivity contribution is -0.0573. The van der Waals surface area contributed by atoms with Gasteiger partial charge in [0.1, 0.15) is 0 Å². The number of aliphatic hydroxyl groups excluding tert-OH is 1. The van der Waals surface area contributed by atoms with Gasteiger partial charge in [-0.2, -0.15) is 0 Å². The minimum Gasteiger partial charge on any atom is -0.389 e. The highest BCUT2D eigenvalue weighted by Gasteiger charge is 2.17. The van der Waals surface area contributed by atoms with Crippen molar-refractivity contribution in [2.24, 2.45) is 7.05 Å². The summed E-state index contributed by atoms with van der Waals surface area (Å²) in [6.45, 7) is 8.55. The Hall–Kier alpha value is -1.62. The molecule has 1 heterocycles. The molecule has 0 saturated heterocycles. The second kappa shape index (κ2) is 8.47. The maximum Gasteiger partial charge on any atom is 0.0900 e. The van der Waals surface area contributed by atoms with Crippen LogP contribution in [0.3, 0.4) is 0 Å². The number of nitrogens with zero attached hydrogens (tertiary/aromatic N) is 2. The van der Waals surface area contributed by atoms with E-state index in [1.54, 1.807) is 0 Å². The molecule has 0 bridgehead atoms. The first-order valence-electron chi connectivity index (χ1n) is 8.52. The number of benzene rings is 1. The first-order chi connectivity index (χ1) is 11.3. The van der Waals surface area contributed by atoms with Gasteiger partial charge in [0.15, 0.2) is 0 Å². The highest BCUT2D eigenvalue weighted by molar-refractivity contribution is 5.15. The molecule has 1 aromatic heterocycles. The summed E-state index contributed by atoms with van der Waals surface area (Å²) in [5.74, 6) is 0. The molecule has 24 heavy (non-hydrogen) atoms. The zero-order valence-corrected chi connectivity index (χ0v) is 15.3. The average Bonchev–Trinajstić information content (AvgIpc) is 2.91. The van der Waals surface area contributed by atoms with Crippen molar-refractivity contribution >= 4 is 0 Å². The Morgan fingerprint density at radius 3 is 2.38 bits per heavy atom. The third kappa shape index (κ3) is 6.48. The minimum atomic E-state index is -0.506. The third-order valence-corrected chi connectivity index (χ3v) is 3.86. The van der Waals surface area contributed by atoms with Gasteiger partial charge in [0.2, 0.25) is 0 Å². The van der Waals surface area contributed by atoms with E-state index in [4.69, 9.17) is 4.74 Å². The summed E-state index contributed by atoms with van der Waals surface area (Å²) in [6.07, 6.45) is 1.54. The number of aryl methyl sites for hydroxylation is 1. The van der Waals surface area contributed by atoms with Crippen molar-refractivity contribution in [1.82, 2.24) is 9.47 Å². The molecule has 0 spiro atoms. The van der Waals surface area contributed by atoms with Gasteiger partial charge in [-0.3, -0.25) is 4.90 Å². The number of ether oxygens (including phenoxy) is 1. The Kier molecular flexibility index (Phi) is 6.60. The van der Waals surface area contributed by atoms with E-state index in [9.17, 15) is 5.11 Å². The number of aromatic nitrogens is 1. The average molecular weight is 330 g/mol. The monoisotopic (exact) mass is 330 g/mol. The first-order valence-corrected chi connectivity index (χ1v) is 8.52. The van der Waals surface area contributed by atoms with Crippen molar-refractivity contribution in [3.8, 4) is 0 Å². The highest BCUT2D eigenvalue weighted by Crippen LogP contribution is 2.12. The predicted molar refractivity (Wildman–Crippen MR) is 97.7 cm³/mol. The summed E-state index contributed by atoms with van der Waals surface area (Å²) in [7, 11) is 2.05. The SMILES string of the molecule is Cn1cccc1CN(Cc1ccccc1)CC(O)COC(C)(C)C. The fourth-order valence-electron chi connectivity index (χ4n) is 2.61. The normalized spacial score (nSPS) is 13.4. The molecule has 0 saturated carbocycles. The quantitative estimate of drug-likeness (QED) is 0.808. The van der Waals surface area contributed by atoms with Gasteiger partial charge in [-0.05, 0) is 38.5 Å². The van der Waals surface area contributed by atoms with Crippen LogP contribution in [0.4, 0.5) is 0 Å². The topological polar surface area (TPSA) is 37.6 Å². The lowest BCUT2D eigenvalue weighted by atomic mass is 10.2. The van der Waals surface area contributed by atoms with Crippen molar-refractivity contribution in [2.75, 3.05) is 13.2 Å². The Morgan fingerprint density at radius 2 is 1.79 bits per heavy atom. The smallest absolute Gasteiger partial charge is 0.0900 e. The van der Waals surface area contributed by atoms with Gasteiger partial charge in [-0.25, -0.2) is 0 Å². The fraction of sp³-hybridized carbons (Fsp3) is 0.500. The molecule has 1 unspecified atom stereocenters. The van der Waals surface area contributed by atoms with Crippen LogP contribution in [0.2, 0.25) is 0 Å². The van der Waals surface area contributed by atoms with Crippen LogP contribution in [0.5, 0.6) is 0 Å². The van der Waals surface area contributed by atoms with E-state index in [-0.39, 0.29) is 5.60 Å². The van der Waals surface area contributed by atoms with Crippen LogP contribution in [0.15, 0.2) is 48.7 Å². The van der Waals surface area contributed by atoms with E-state index < -0.39 is 6.10 Å². The Morgan fingerprint density at radius 1 is 1.08 bits per heavy atom. The summed E-state index contributed by atoms with van der Waals surface area (Å²) in [6, 6.07) is 14.5. The summed E-state index contributed by atoms with van der Waals surface area (Å²) >= 11 is 0. The first kappa shape index (κ1) is 18.7. The lowest BCUT2D eigenvalue weighted by Crippen LogP contribution is -2.36. The van der Waals surface area contributed by atoms with Crippen LogP contribution in [0, 0.1) is 0 Å². The second-order valence-corrected chi connectivity index (χ2v) is 7.34. The summed E-state index contributed by atoms with van der Waals surface area (Å²) in [5.41, 5.74) is 2.24. The van der Waals surface area contributed by atoms with Crippen LogP contribution < -0.4 is 0 Å². The summed E-state index contributed by atoms with van der Waals surface area (Å²) < 4.78 is 7.84.